The van der Waals surface area contributed by atoms with E-state index in [0.717, 1.165) is 17.5 Å². The molecule has 4 heteroatoms. The van der Waals surface area contributed by atoms with Crippen molar-refractivity contribution >= 4 is 11.9 Å². The number of esters is 1. The van der Waals surface area contributed by atoms with Crippen LogP contribution in [-0.2, 0) is 16.0 Å². The number of carbonyl (C=O) groups excluding carboxylic acids is 2. The summed E-state index contributed by atoms with van der Waals surface area (Å²) in [4.78, 5) is 25.4. The number of benzene rings is 2. The SMILES string of the molecule is CC(C)CC(NC(=O)C1(C)Cc2ccccc2C(=O)O1)c1ccccc1. The van der Waals surface area contributed by atoms with Crippen LogP contribution in [0.15, 0.2) is 54.6 Å². The smallest absolute Gasteiger partial charge is 0.339 e. The molecular formula is C22H25NO3. The van der Waals surface area contributed by atoms with Gasteiger partial charge >= 0.3 is 5.97 Å². The maximum atomic E-state index is 13.1. The normalized spacial score (nSPS) is 20.2. The standard InChI is InChI=1S/C22H25NO3/c1-15(2)13-19(16-9-5-4-6-10-16)23-21(25)22(3)14-17-11-7-8-12-18(17)20(24)26-22/h4-12,15,19H,13-14H2,1-3H3,(H,23,25). The fourth-order valence-corrected chi connectivity index (χ4v) is 3.41. The molecule has 0 saturated carbocycles. The summed E-state index contributed by atoms with van der Waals surface area (Å²) >= 11 is 0. The Morgan fingerprint density at radius 1 is 1.12 bits per heavy atom. The Morgan fingerprint density at radius 3 is 2.46 bits per heavy atom. The second-order valence-corrected chi connectivity index (χ2v) is 7.52. The topological polar surface area (TPSA) is 55.4 Å². The molecule has 2 aromatic carbocycles. The van der Waals surface area contributed by atoms with Gasteiger partial charge in [-0.25, -0.2) is 4.79 Å². The van der Waals surface area contributed by atoms with Crippen molar-refractivity contribution in [2.45, 2.75) is 45.3 Å². The van der Waals surface area contributed by atoms with E-state index in [1.54, 1.807) is 19.1 Å². The summed E-state index contributed by atoms with van der Waals surface area (Å²) in [6, 6.07) is 17.1. The van der Waals surface area contributed by atoms with Gasteiger partial charge in [-0.15, -0.1) is 0 Å². The van der Waals surface area contributed by atoms with Crippen LogP contribution in [0.5, 0.6) is 0 Å². The zero-order valence-electron chi connectivity index (χ0n) is 15.5. The zero-order valence-corrected chi connectivity index (χ0v) is 15.5. The quantitative estimate of drug-likeness (QED) is 0.827. The van der Waals surface area contributed by atoms with Crippen LogP contribution in [0.25, 0.3) is 0 Å². The lowest BCUT2D eigenvalue weighted by atomic mass is 9.88. The van der Waals surface area contributed by atoms with Gasteiger partial charge in [0.05, 0.1) is 11.6 Å². The molecule has 0 spiro atoms. The predicted molar refractivity (Wildman–Crippen MR) is 101 cm³/mol. The maximum absolute atomic E-state index is 13.1. The van der Waals surface area contributed by atoms with Gasteiger partial charge in [0.15, 0.2) is 5.60 Å². The third kappa shape index (κ3) is 3.79. The highest BCUT2D eigenvalue weighted by molar-refractivity contribution is 5.97. The molecule has 0 aromatic heterocycles. The van der Waals surface area contributed by atoms with Crippen molar-refractivity contribution < 1.29 is 14.3 Å². The van der Waals surface area contributed by atoms with Crippen LogP contribution in [0.3, 0.4) is 0 Å². The van der Waals surface area contributed by atoms with Crippen molar-refractivity contribution in [3.05, 3.63) is 71.3 Å². The minimum absolute atomic E-state index is 0.114. The number of amides is 1. The highest BCUT2D eigenvalue weighted by Gasteiger charge is 2.43. The van der Waals surface area contributed by atoms with E-state index in [0.29, 0.717) is 17.9 Å². The van der Waals surface area contributed by atoms with Gasteiger partial charge in [0, 0.05) is 6.42 Å². The first kappa shape index (κ1) is 18.2. The molecule has 1 amide bonds. The number of carbonyl (C=O) groups is 2. The molecule has 0 aliphatic carbocycles. The Hall–Kier alpha value is -2.62. The van der Waals surface area contributed by atoms with Gasteiger partial charge in [-0.1, -0.05) is 62.4 Å². The third-order valence-corrected chi connectivity index (χ3v) is 4.78. The number of hydrogen-bond donors (Lipinski definition) is 1. The summed E-state index contributed by atoms with van der Waals surface area (Å²) in [7, 11) is 0. The lowest BCUT2D eigenvalue weighted by molar-refractivity contribution is -0.140. The maximum Gasteiger partial charge on any atom is 0.339 e. The van der Waals surface area contributed by atoms with E-state index < -0.39 is 11.6 Å². The Labute approximate surface area is 154 Å². The molecule has 0 radical (unpaired) electrons. The Bertz CT molecular complexity index is 800. The first-order valence-corrected chi connectivity index (χ1v) is 9.06. The summed E-state index contributed by atoms with van der Waals surface area (Å²) in [5, 5.41) is 3.11. The number of rotatable bonds is 5. The zero-order chi connectivity index (χ0) is 18.7. The van der Waals surface area contributed by atoms with E-state index in [2.05, 4.69) is 19.2 Å². The van der Waals surface area contributed by atoms with E-state index in [1.807, 2.05) is 42.5 Å². The minimum atomic E-state index is -1.20. The molecule has 1 heterocycles. The minimum Gasteiger partial charge on any atom is -0.445 e. The number of hydrogen-bond acceptors (Lipinski definition) is 3. The van der Waals surface area contributed by atoms with E-state index >= 15 is 0 Å². The summed E-state index contributed by atoms with van der Waals surface area (Å²) in [5.41, 5.74) is 1.25. The lowest BCUT2D eigenvalue weighted by Gasteiger charge is -2.34. The molecule has 1 aliphatic heterocycles. The van der Waals surface area contributed by atoms with Gasteiger partial charge in [-0.3, -0.25) is 4.79 Å². The van der Waals surface area contributed by atoms with Crippen molar-refractivity contribution in [2.24, 2.45) is 5.92 Å². The fourth-order valence-electron chi connectivity index (χ4n) is 3.41. The molecule has 0 bridgehead atoms. The van der Waals surface area contributed by atoms with Crippen LogP contribution in [-0.4, -0.2) is 17.5 Å². The van der Waals surface area contributed by atoms with Gasteiger partial charge in [0.2, 0.25) is 0 Å². The average molecular weight is 351 g/mol. The van der Waals surface area contributed by atoms with Gasteiger partial charge in [0.1, 0.15) is 0 Å². The molecule has 3 rings (SSSR count). The molecule has 1 N–H and O–H groups in total. The lowest BCUT2D eigenvalue weighted by Crippen LogP contribution is -2.52. The molecule has 0 fully saturated rings. The van der Waals surface area contributed by atoms with Crippen molar-refractivity contribution in [1.82, 2.24) is 5.32 Å². The first-order chi connectivity index (χ1) is 12.4. The molecule has 4 nitrogen and oxygen atoms in total. The van der Waals surface area contributed by atoms with Crippen LogP contribution < -0.4 is 5.32 Å². The van der Waals surface area contributed by atoms with Gasteiger partial charge in [-0.05, 0) is 36.5 Å². The largest absolute Gasteiger partial charge is 0.445 e. The molecule has 26 heavy (non-hydrogen) atoms. The Kier molecular flexibility index (Phi) is 5.12. The second kappa shape index (κ2) is 7.32. The summed E-state index contributed by atoms with van der Waals surface area (Å²) in [6.07, 6.45) is 1.19. The molecule has 2 atom stereocenters. The number of ether oxygens (including phenoxy) is 1. The highest BCUT2D eigenvalue weighted by Crippen LogP contribution is 2.30. The van der Waals surface area contributed by atoms with Crippen molar-refractivity contribution in [1.29, 1.82) is 0 Å². The fraction of sp³-hybridized carbons (Fsp3) is 0.364. The predicted octanol–water partition coefficient (Wildman–Crippen LogP) is 4.06. The van der Waals surface area contributed by atoms with E-state index in [-0.39, 0.29) is 11.9 Å². The monoisotopic (exact) mass is 351 g/mol. The highest BCUT2D eigenvalue weighted by atomic mass is 16.6. The molecule has 136 valence electrons. The molecule has 2 aromatic rings. The molecule has 2 unspecified atom stereocenters. The Morgan fingerprint density at radius 2 is 1.77 bits per heavy atom. The number of fused-ring (bicyclic) bond motifs is 1. The van der Waals surface area contributed by atoms with Crippen molar-refractivity contribution in [2.75, 3.05) is 0 Å². The summed E-state index contributed by atoms with van der Waals surface area (Å²) < 4.78 is 5.55. The van der Waals surface area contributed by atoms with Crippen LogP contribution in [0.4, 0.5) is 0 Å². The van der Waals surface area contributed by atoms with Gasteiger partial charge in [-0.2, -0.15) is 0 Å². The van der Waals surface area contributed by atoms with E-state index in [4.69, 9.17) is 4.74 Å². The molecular weight excluding hydrogens is 326 g/mol. The Balaban J connectivity index is 1.82. The number of nitrogens with one attached hydrogen (secondary N) is 1. The van der Waals surface area contributed by atoms with Crippen LogP contribution in [0.2, 0.25) is 0 Å². The van der Waals surface area contributed by atoms with Crippen LogP contribution in [0.1, 0.15) is 54.7 Å². The van der Waals surface area contributed by atoms with E-state index in [1.165, 1.54) is 0 Å². The molecule has 1 aliphatic rings. The van der Waals surface area contributed by atoms with Crippen molar-refractivity contribution in [3.8, 4) is 0 Å². The first-order valence-electron chi connectivity index (χ1n) is 9.06. The summed E-state index contributed by atoms with van der Waals surface area (Å²) in [6.45, 7) is 5.94. The van der Waals surface area contributed by atoms with Crippen LogP contribution in [0, 0.1) is 5.92 Å². The number of cyclic esters (lactones) is 1. The summed E-state index contributed by atoms with van der Waals surface area (Å²) in [5.74, 6) is -0.276. The molecule has 0 saturated heterocycles. The van der Waals surface area contributed by atoms with Crippen molar-refractivity contribution in [3.63, 3.8) is 0 Å². The third-order valence-electron chi connectivity index (χ3n) is 4.78. The van der Waals surface area contributed by atoms with Gasteiger partial charge < -0.3 is 10.1 Å². The average Bonchev–Trinajstić information content (AvgIpc) is 2.61. The van der Waals surface area contributed by atoms with E-state index in [9.17, 15) is 9.59 Å². The second-order valence-electron chi connectivity index (χ2n) is 7.52. The van der Waals surface area contributed by atoms with Gasteiger partial charge in [0.25, 0.3) is 5.91 Å². The van der Waals surface area contributed by atoms with Crippen LogP contribution >= 0.6 is 0 Å².